The molecule has 0 saturated carbocycles. The molecule has 0 spiro atoms. The number of hydrogen-bond acceptors (Lipinski definition) is 5. The van der Waals surface area contributed by atoms with Crippen LogP contribution in [-0.4, -0.2) is 43.5 Å². The van der Waals surface area contributed by atoms with Crippen LogP contribution in [0.15, 0.2) is 48.5 Å². The van der Waals surface area contributed by atoms with Crippen LogP contribution in [0.2, 0.25) is 0 Å². The number of ether oxygens (including phenoxy) is 3. The highest BCUT2D eigenvalue weighted by molar-refractivity contribution is 5.84. The molecular weight excluding hydrogens is 400 g/mol. The Morgan fingerprint density at radius 3 is 2.47 bits per heavy atom. The maximum Gasteiger partial charge on any atom is 0.231 e. The Bertz CT molecular complexity index is 1130. The lowest BCUT2D eigenvalue weighted by atomic mass is 9.97. The standard InChI is InChI=1S/C27H32N2O3/c1-5-27(29-11-10-22-14-25-26(32-17-31-25)15-23(22)16-29)28(3)18(2)19-6-7-21-13-24(30-4)9-8-20(21)12-19/h6-9,12-15,18,27H,5,10-11,16-17H2,1-4H3. The first-order chi connectivity index (χ1) is 15.6. The highest BCUT2D eigenvalue weighted by Gasteiger charge is 2.29. The van der Waals surface area contributed by atoms with Gasteiger partial charge in [0, 0.05) is 19.1 Å². The van der Waals surface area contributed by atoms with E-state index in [0.717, 1.165) is 43.2 Å². The molecule has 0 aromatic heterocycles. The highest BCUT2D eigenvalue weighted by atomic mass is 16.7. The smallest absolute Gasteiger partial charge is 0.231 e. The van der Waals surface area contributed by atoms with Crippen LogP contribution >= 0.6 is 0 Å². The topological polar surface area (TPSA) is 34.2 Å². The third-order valence-corrected chi connectivity index (χ3v) is 7.16. The van der Waals surface area contributed by atoms with E-state index in [-0.39, 0.29) is 0 Å². The van der Waals surface area contributed by atoms with Crippen molar-refractivity contribution in [3.05, 3.63) is 65.2 Å². The Hall–Kier alpha value is -2.76. The first-order valence-electron chi connectivity index (χ1n) is 11.5. The molecule has 3 aromatic rings. The van der Waals surface area contributed by atoms with Gasteiger partial charge >= 0.3 is 0 Å². The van der Waals surface area contributed by atoms with Crippen molar-refractivity contribution in [2.24, 2.45) is 0 Å². The molecule has 0 bridgehead atoms. The van der Waals surface area contributed by atoms with Crippen LogP contribution < -0.4 is 14.2 Å². The first-order valence-corrected chi connectivity index (χ1v) is 11.5. The maximum absolute atomic E-state index is 5.62. The Morgan fingerprint density at radius 1 is 1.00 bits per heavy atom. The molecular formula is C27H32N2O3. The van der Waals surface area contributed by atoms with E-state index in [1.165, 1.54) is 27.5 Å². The molecule has 0 aliphatic carbocycles. The quantitative estimate of drug-likeness (QED) is 0.524. The minimum atomic E-state index is 0.310. The van der Waals surface area contributed by atoms with Crippen LogP contribution in [-0.2, 0) is 13.0 Å². The number of rotatable bonds is 6. The minimum absolute atomic E-state index is 0.310. The Morgan fingerprint density at radius 2 is 1.72 bits per heavy atom. The second-order valence-electron chi connectivity index (χ2n) is 8.90. The van der Waals surface area contributed by atoms with E-state index >= 15 is 0 Å². The third-order valence-electron chi connectivity index (χ3n) is 7.16. The first kappa shape index (κ1) is 21.1. The van der Waals surface area contributed by atoms with Crippen molar-refractivity contribution in [1.29, 1.82) is 0 Å². The van der Waals surface area contributed by atoms with E-state index in [2.05, 4.69) is 73.2 Å². The largest absolute Gasteiger partial charge is 0.497 e. The average Bonchev–Trinajstić information content (AvgIpc) is 3.29. The van der Waals surface area contributed by atoms with Crippen molar-refractivity contribution in [3.8, 4) is 17.2 Å². The molecule has 2 heterocycles. The molecule has 168 valence electrons. The normalized spacial score (nSPS) is 17.4. The molecule has 0 N–H and O–H groups in total. The predicted molar refractivity (Wildman–Crippen MR) is 127 cm³/mol. The van der Waals surface area contributed by atoms with Gasteiger partial charge in [0.05, 0.1) is 13.3 Å². The summed E-state index contributed by atoms with van der Waals surface area (Å²) in [6.07, 6.45) is 2.49. The number of benzene rings is 3. The van der Waals surface area contributed by atoms with E-state index < -0.39 is 0 Å². The highest BCUT2D eigenvalue weighted by Crippen LogP contribution is 2.38. The van der Waals surface area contributed by atoms with Crippen molar-refractivity contribution in [2.45, 2.75) is 45.4 Å². The van der Waals surface area contributed by atoms with Crippen molar-refractivity contribution in [3.63, 3.8) is 0 Å². The van der Waals surface area contributed by atoms with Gasteiger partial charge in [-0.05, 0) is 84.6 Å². The van der Waals surface area contributed by atoms with Crippen molar-refractivity contribution < 1.29 is 14.2 Å². The van der Waals surface area contributed by atoms with Crippen LogP contribution in [0, 0.1) is 0 Å². The lowest BCUT2D eigenvalue weighted by Crippen LogP contribution is -2.49. The molecule has 2 unspecified atom stereocenters. The van der Waals surface area contributed by atoms with Crippen molar-refractivity contribution in [1.82, 2.24) is 9.80 Å². The van der Waals surface area contributed by atoms with Gasteiger partial charge in [0.15, 0.2) is 11.5 Å². The second-order valence-corrected chi connectivity index (χ2v) is 8.90. The van der Waals surface area contributed by atoms with Crippen LogP contribution in [0.3, 0.4) is 0 Å². The average molecular weight is 433 g/mol. The number of nitrogens with zero attached hydrogens (tertiary/aromatic N) is 2. The summed E-state index contributed by atoms with van der Waals surface area (Å²) in [5, 5.41) is 2.46. The molecule has 0 radical (unpaired) electrons. The zero-order chi connectivity index (χ0) is 22.2. The number of fused-ring (bicyclic) bond motifs is 3. The summed E-state index contributed by atoms with van der Waals surface area (Å²) in [5.74, 6) is 2.67. The molecule has 5 rings (SSSR count). The SMILES string of the molecule is CCC(N1CCc2cc3c(cc2C1)OCO3)N(C)C(C)c1ccc2cc(OC)ccc2c1. The van der Waals surface area contributed by atoms with Crippen LogP contribution in [0.4, 0.5) is 0 Å². The van der Waals surface area contributed by atoms with Crippen LogP contribution in [0.1, 0.15) is 43.0 Å². The molecule has 5 heteroatoms. The summed E-state index contributed by atoms with van der Waals surface area (Å²) in [6, 6.07) is 17.7. The zero-order valence-electron chi connectivity index (χ0n) is 19.4. The Kier molecular flexibility index (Phi) is 5.70. The van der Waals surface area contributed by atoms with Gasteiger partial charge in [0.2, 0.25) is 6.79 Å². The molecule has 2 aliphatic heterocycles. The summed E-state index contributed by atoms with van der Waals surface area (Å²) in [6.45, 7) is 6.93. The fourth-order valence-corrected chi connectivity index (χ4v) is 5.15. The van der Waals surface area contributed by atoms with Gasteiger partial charge in [-0.1, -0.05) is 25.1 Å². The fraction of sp³-hybridized carbons (Fsp3) is 0.407. The van der Waals surface area contributed by atoms with E-state index in [1.54, 1.807) is 7.11 Å². The van der Waals surface area contributed by atoms with Gasteiger partial charge in [-0.2, -0.15) is 0 Å². The summed E-state index contributed by atoms with van der Waals surface area (Å²) in [4.78, 5) is 5.12. The lowest BCUT2D eigenvalue weighted by Gasteiger charge is -2.42. The monoisotopic (exact) mass is 432 g/mol. The zero-order valence-corrected chi connectivity index (χ0v) is 19.4. The molecule has 32 heavy (non-hydrogen) atoms. The fourth-order valence-electron chi connectivity index (χ4n) is 5.15. The van der Waals surface area contributed by atoms with E-state index in [0.29, 0.717) is 19.0 Å². The van der Waals surface area contributed by atoms with Gasteiger partial charge in [0.25, 0.3) is 0 Å². The molecule has 5 nitrogen and oxygen atoms in total. The van der Waals surface area contributed by atoms with Gasteiger partial charge in [-0.25, -0.2) is 0 Å². The molecule has 0 saturated heterocycles. The summed E-state index contributed by atoms with van der Waals surface area (Å²) < 4.78 is 16.6. The van der Waals surface area contributed by atoms with Gasteiger partial charge in [-0.15, -0.1) is 0 Å². The van der Waals surface area contributed by atoms with Gasteiger partial charge < -0.3 is 14.2 Å². The van der Waals surface area contributed by atoms with Crippen molar-refractivity contribution in [2.75, 3.05) is 27.5 Å². The van der Waals surface area contributed by atoms with E-state index in [9.17, 15) is 0 Å². The van der Waals surface area contributed by atoms with E-state index in [4.69, 9.17) is 14.2 Å². The summed E-state index contributed by atoms with van der Waals surface area (Å²) >= 11 is 0. The lowest BCUT2D eigenvalue weighted by molar-refractivity contribution is 0.0232. The van der Waals surface area contributed by atoms with Crippen molar-refractivity contribution >= 4 is 10.8 Å². The molecule has 2 atom stereocenters. The predicted octanol–water partition coefficient (Wildman–Crippen LogP) is 5.36. The summed E-state index contributed by atoms with van der Waals surface area (Å²) in [7, 11) is 3.97. The number of hydrogen-bond donors (Lipinski definition) is 0. The Balaban J connectivity index is 1.35. The Labute approximate surface area is 190 Å². The van der Waals surface area contributed by atoms with E-state index in [1.807, 2.05) is 6.07 Å². The molecule has 0 fully saturated rings. The van der Waals surface area contributed by atoms with Gasteiger partial charge in [0.1, 0.15) is 5.75 Å². The minimum Gasteiger partial charge on any atom is -0.497 e. The second kappa shape index (κ2) is 8.64. The number of methoxy groups -OCH3 is 1. The molecule has 0 amide bonds. The van der Waals surface area contributed by atoms with Gasteiger partial charge in [-0.3, -0.25) is 9.80 Å². The third kappa shape index (κ3) is 3.80. The molecule has 2 aliphatic rings. The molecule has 3 aromatic carbocycles. The maximum atomic E-state index is 5.62. The summed E-state index contributed by atoms with van der Waals surface area (Å²) in [5.41, 5.74) is 4.09. The van der Waals surface area contributed by atoms with Crippen LogP contribution in [0.25, 0.3) is 10.8 Å². The van der Waals surface area contributed by atoms with Crippen LogP contribution in [0.5, 0.6) is 17.2 Å².